The minimum Gasteiger partial charge on any atom is -0.348 e. The number of hydrogen-bond donors (Lipinski definition) is 1. The van der Waals surface area contributed by atoms with Crippen molar-refractivity contribution in [3.63, 3.8) is 0 Å². The van der Waals surface area contributed by atoms with Crippen LogP contribution >= 0.6 is 0 Å². The van der Waals surface area contributed by atoms with Crippen molar-refractivity contribution in [2.45, 2.75) is 32.0 Å². The summed E-state index contributed by atoms with van der Waals surface area (Å²) in [6.45, 7) is 1.78. The Hall–Kier alpha value is -2.83. The number of carbonyl (C=O) groups excluding carboxylic acids is 2. The van der Waals surface area contributed by atoms with Gasteiger partial charge in [-0.1, -0.05) is 12.1 Å². The number of amides is 2. The van der Waals surface area contributed by atoms with Crippen molar-refractivity contribution in [1.82, 2.24) is 10.2 Å². The summed E-state index contributed by atoms with van der Waals surface area (Å²) in [5, 5.41) is 2.67. The first-order valence-corrected chi connectivity index (χ1v) is 9.18. The van der Waals surface area contributed by atoms with Crippen LogP contribution in [0, 0.1) is 0 Å². The van der Waals surface area contributed by atoms with Gasteiger partial charge in [0.15, 0.2) is 0 Å². The van der Waals surface area contributed by atoms with E-state index in [1.807, 2.05) is 4.90 Å². The van der Waals surface area contributed by atoms with E-state index in [-0.39, 0.29) is 18.0 Å². The maximum Gasteiger partial charge on any atom is 0.416 e. The third-order valence-electron chi connectivity index (χ3n) is 4.77. The molecule has 1 N–H and O–H groups in total. The van der Waals surface area contributed by atoms with Crippen LogP contribution in [0.2, 0.25) is 0 Å². The van der Waals surface area contributed by atoms with Gasteiger partial charge in [-0.2, -0.15) is 13.2 Å². The van der Waals surface area contributed by atoms with Gasteiger partial charge >= 0.3 is 6.18 Å². The quantitative estimate of drug-likeness (QED) is 0.848. The number of halogens is 3. The maximum absolute atomic E-state index is 12.6. The Balaban J connectivity index is 1.55. The third-order valence-corrected chi connectivity index (χ3v) is 4.77. The molecule has 2 aromatic carbocycles. The molecule has 2 aromatic rings. The van der Waals surface area contributed by atoms with E-state index >= 15 is 0 Å². The first kappa shape index (κ1) is 19.9. The lowest BCUT2D eigenvalue weighted by molar-refractivity contribution is -0.137. The van der Waals surface area contributed by atoms with E-state index in [2.05, 4.69) is 5.32 Å². The van der Waals surface area contributed by atoms with Gasteiger partial charge in [0, 0.05) is 30.8 Å². The summed E-state index contributed by atoms with van der Waals surface area (Å²) < 4.78 is 37.7. The van der Waals surface area contributed by atoms with Crippen LogP contribution in [-0.2, 0) is 12.7 Å². The summed E-state index contributed by atoms with van der Waals surface area (Å²) in [5.41, 5.74) is 0.776. The van der Waals surface area contributed by atoms with Crippen LogP contribution in [0.4, 0.5) is 13.2 Å². The number of piperidine rings is 1. The molecule has 2 amide bonds. The van der Waals surface area contributed by atoms with Gasteiger partial charge in [-0.05, 0) is 61.2 Å². The van der Waals surface area contributed by atoms with Gasteiger partial charge in [0.1, 0.15) is 0 Å². The zero-order valence-corrected chi connectivity index (χ0v) is 15.3. The average molecular weight is 390 g/mol. The van der Waals surface area contributed by atoms with Gasteiger partial charge < -0.3 is 10.2 Å². The molecule has 28 heavy (non-hydrogen) atoms. The first-order chi connectivity index (χ1) is 13.3. The molecule has 0 bridgehead atoms. The Morgan fingerprint density at radius 3 is 2.00 bits per heavy atom. The molecule has 148 valence electrons. The Bertz CT molecular complexity index is 824. The molecule has 3 rings (SSSR count). The number of alkyl halides is 3. The van der Waals surface area contributed by atoms with E-state index in [1.54, 1.807) is 24.3 Å². The second-order valence-electron chi connectivity index (χ2n) is 6.81. The molecule has 0 aromatic heterocycles. The largest absolute Gasteiger partial charge is 0.416 e. The number of carbonyl (C=O) groups is 2. The van der Waals surface area contributed by atoms with Crippen molar-refractivity contribution < 1.29 is 22.8 Å². The molecule has 0 radical (unpaired) electrons. The molecule has 1 fully saturated rings. The van der Waals surface area contributed by atoms with E-state index in [0.717, 1.165) is 62.2 Å². The van der Waals surface area contributed by atoms with E-state index < -0.39 is 17.6 Å². The predicted octanol–water partition coefficient (Wildman–Crippen LogP) is 4.26. The number of rotatable bonds is 4. The average Bonchev–Trinajstić information content (AvgIpc) is 2.72. The molecule has 0 spiro atoms. The number of hydrogen-bond acceptors (Lipinski definition) is 2. The summed E-state index contributed by atoms with van der Waals surface area (Å²) in [7, 11) is 0. The van der Waals surface area contributed by atoms with Crippen LogP contribution in [0.15, 0.2) is 48.5 Å². The molecular formula is C21H21F3N2O2. The fourth-order valence-corrected chi connectivity index (χ4v) is 3.14. The lowest BCUT2D eigenvalue weighted by Crippen LogP contribution is -2.35. The summed E-state index contributed by atoms with van der Waals surface area (Å²) in [5.74, 6) is -0.442. The van der Waals surface area contributed by atoms with Gasteiger partial charge in [0.2, 0.25) is 0 Å². The summed E-state index contributed by atoms with van der Waals surface area (Å²) in [6.07, 6.45) is -1.22. The van der Waals surface area contributed by atoms with Crippen molar-refractivity contribution in [1.29, 1.82) is 0 Å². The molecule has 1 aliphatic heterocycles. The van der Waals surface area contributed by atoms with Crippen LogP contribution in [0.25, 0.3) is 0 Å². The highest BCUT2D eigenvalue weighted by atomic mass is 19.4. The minimum atomic E-state index is -4.43. The molecule has 0 aliphatic carbocycles. The zero-order chi connectivity index (χ0) is 20.1. The van der Waals surface area contributed by atoms with Crippen molar-refractivity contribution in [2.24, 2.45) is 0 Å². The number of likely N-dealkylation sites (tertiary alicyclic amines) is 1. The molecule has 0 atom stereocenters. The monoisotopic (exact) mass is 390 g/mol. The smallest absolute Gasteiger partial charge is 0.348 e. The van der Waals surface area contributed by atoms with Gasteiger partial charge in [-0.15, -0.1) is 0 Å². The number of nitrogens with one attached hydrogen (secondary N) is 1. The lowest BCUT2D eigenvalue weighted by Gasteiger charge is -2.26. The van der Waals surface area contributed by atoms with Crippen LogP contribution in [0.3, 0.4) is 0 Å². The third kappa shape index (κ3) is 4.91. The van der Waals surface area contributed by atoms with E-state index in [9.17, 15) is 22.8 Å². The summed E-state index contributed by atoms with van der Waals surface area (Å²) in [4.78, 5) is 26.4. The number of benzene rings is 2. The van der Waals surface area contributed by atoms with Crippen LogP contribution < -0.4 is 5.32 Å². The molecule has 1 heterocycles. The molecule has 0 saturated carbocycles. The van der Waals surface area contributed by atoms with Gasteiger partial charge in [0.05, 0.1) is 5.56 Å². The molecular weight excluding hydrogens is 369 g/mol. The standard InChI is InChI=1S/C21H21F3N2O2/c22-21(23,24)18-10-8-16(9-11-18)19(27)25-14-15-4-6-17(7-5-15)20(28)26-12-2-1-3-13-26/h4-11H,1-3,12-14H2,(H,25,27). The zero-order valence-electron chi connectivity index (χ0n) is 15.3. The maximum atomic E-state index is 12.6. The van der Waals surface area contributed by atoms with Crippen molar-refractivity contribution in [3.8, 4) is 0 Å². The summed E-state index contributed by atoms with van der Waals surface area (Å²) >= 11 is 0. The van der Waals surface area contributed by atoms with Crippen LogP contribution in [-0.4, -0.2) is 29.8 Å². The second kappa shape index (κ2) is 8.46. The Morgan fingerprint density at radius 1 is 0.857 bits per heavy atom. The predicted molar refractivity (Wildman–Crippen MR) is 98.8 cm³/mol. The van der Waals surface area contributed by atoms with Crippen LogP contribution in [0.1, 0.15) is 51.1 Å². The second-order valence-corrected chi connectivity index (χ2v) is 6.81. The summed E-state index contributed by atoms with van der Waals surface area (Å²) in [6, 6.07) is 11.1. The van der Waals surface area contributed by atoms with Crippen molar-refractivity contribution >= 4 is 11.8 Å². The highest BCUT2D eigenvalue weighted by molar-refractivity contribution is 5.95. The van der Waals surface area contributed by atoms with Gasteiger partial charge in [-0.25, -0.2) is 0 Å². The highest BCUT2D eigenvalue weighted by Gasteiger charge is 2.30. The van der Waals surface area contributed by atoms with E-state index in [0.29, 0.717) is 5.56 Å². The van der Waals surface area contributed by atoms with Crippen LogP contribution in [0.5, 0.6) is 0 Å². The van der Waals surface area contributed by atoms with E-state index in [1.165, 1.54) is 0 Å². The fraction of sp³-hybridized carbons (Fsp3) is 0.333. The Morgan fingerprint density at radius 2 is 1.43 bits per heavy atom. The molecule has 0 unspecified atom stereocenters. The minimum absolute atomic E-state index is 0.0139. The normalized spacial score (nSPS) is 14.6. The number of nitrogens with zero attached hydrogens (tertiary/aromatic N) is 1. The highest BCUT2D eigenvalue weighted by Crippen LogP contribution is 2.29. The Kier molecular flexibility index (Phi) is 6.02. The van der Waals surface area contributed by atoms with E-state index in [4.69, 9.17) is 0 Å². The van der Waals surface area contributed by atoms with Gasteiger partial charge in [0.25, 0.3) is 11.8 Å². The van der Waals surface area contributed by atoms with Crippen molar-refractivity contribution in [2.75, 3.05) is 13.1 Å². The fourth-order valence-electron chi connectivity index (χ4n) is 3.14. The molecule has 1 aliphatic rings. The molecule has 4 nitrogen and oxygen atoms in total. The Labute approximate surface area is 161 Å². The molecule has 7 heteroatoms. The lowest BCUT2D eigenvalue weighted by atomic mass is 10.1. The first-order valence-electron chi connectivity index (χ1n) is 9.18. The van der Waals surface area contributed by atoms with Crippen molar-refractivity contribution in [3.05, 3.63) is 70.8 Å². The SMILES string of the molecule is O=C(NCc1ccc(C(=O)N2CCCCC2)cc1)c1ccc(C(F)(F)F)cc1. The van der Waals surface area contributed by atoms with Gasteiger partial charge in [-0.3, -0.25) is 9.59 Å². The topological polar surface area (TPSA) is 49.4 Å². The molecule has 1 saturated heterocycles.